The first-order valence-electron chi connectivity index (χ1n) is 10.00. The van der Waals surface area contributed by atoms with Crippen molar-refractivity contribution < 1.29 is 27.9 Å². The van der Waals surface area contributed by atoms with Gasteiger partial charge in [-0.1, -0.05) is 25.0 Å². The third-order valence-electron chi connectivity index (χ3n) is 5.49. The van der Waals surface area contributed by atoms with Crippen molar-refractivity contribution in [3.05, 3.63) is 53.6 Å². The summed E-state index contributed by atoms with van der Waals surface area (Å²) >= 11 is 0. The molecule has 9 heteroatoms. The third kappa shape index (κ3) is 5.55. The van der Waals surface area contributed by atoms with Crippen LogP contribution >= 0.6 is 0 Å². The third-order valence-corrected chi connectivity index (χ3v) is 5.49. The number of nitrogens with two attached hydrogens (primary N) is 1. The number of hydrogen-bond donors (Lipinski definition) is 4. The summed E-state index contributed by atoms with van der Waals surface area (Å²) in [6, 6.07) is 10.0. The molecule has 1 amide bonds. The van der Waals surface area contributed by atoms with Crippen LogP contribution in [0.5, 0.6) is 0 Å². The summed E-state index contributed by atoms with van der Waals surface area (Å²) in [6.45, 7) is 0.355. The first-order chi connectivity index (χ1) is 14.7. The number of carboxylic acids is 1. The summed E-state index contributed by atoms with van der Waals surface area (Å²) in [4.78, 5) is 24.4. The molecular weight excluding hydrogens is 411 g/mol. The van der Waals surface area contributed by atoms with Gasteiger partial charge in [-0.15, -0.1) is 0 Å². The Bertz CT molecular complexity index is 945. The van der Waals surface area contributed by atoms with Gasteiger partial charge in [0, 0.05) is 12.2 Å². The van der Waals surface area contributed by atoms with Crippen molar-refractivity contribution in [1.82, 2.24) is 0 Å². The number of aliphatic carboxylic acids is 1. The van der Waals surface area contributed by atoms with Crippen LogP contribution in [0.25, 0.3) is 0 Å². The van der Waals surface area contributed by atoms with Crippen LogP contribution in [0, 0.1) is 11.8 Å². The fourth-order valence-corrected chi connectivity index (χ4v) is 3.78. The highest BCUT2D eigenvalue weighted by Crippen LogP contribution is 2.37. The van der Waals surface area contributed by atoms with Crippen molar-refractivity contribution >= 4 is 28.9 Å². The van der Waals surface area contributed by atoms with E-state index in [1.54, 1.807) is 24.3 Å². The first-order valence-corrected chi connectivity index (χ1v) is 10.00. The molecule has 0 heterocycles. The van der Waals surface area contributed by atoms with Crippen LogP contribution in [-0.2, 0) is 22.3 Å². The van der Waals surface area contributed by atoms with Crippen LogP contribution in [0.3, 0.4) is 0 Å². The molecule has 6 nitrogen and oxygen atoms in total. The van der Waals surface area contributed by atoms with E-state index < -0.39 is 35.5 Å². The summed E-state index contributed by atoms with van der Waals surface area (Å²) < 4.78 is 39.7. The number of amides is 1. The smallest absolute Gasteiger partial charge is 0.416 e. The average Bonchev–Trinajstić information content (AvgIpc) is 2.74. The summed E-state index contributed by atoms with van der Waals surface area (Å²) in [5, 5.41) is 15.0. The number of nitrogens with one attached hydrogen (secondary N) is 2. The number of carbonyl (C=O) groups is 2. The van der Waals surface area contributed by atoms with Gasteiger partial charge in [0.2, 0.25) is 5.91 Å². The van der Waals surface area contributed by atoms with E-state index in [9.17, 15) is 27.9 Å². The molecule has 0 radical (unpaired) electrons. The van der Waals surface area contributed by atoms with Crippen LogP contribution in [0.1, 0.15) is 36.8 Å². The lowest BCUT2D eigenvalue weighted by atomic mass is 9.78. The minimum atomic E-state index is -4.59. The monoisotopic (exact) mass is 435 g/mol. The number of benzene rings is 2. The maximum Gasteiger partial charge on any atom is 0.416 e. The molecule has 166 valence electrons. The lowest BCUT2D eigenvalue weighted by molar-refractivity contribution is -0.147. The fourth-order valence-electron chi connectivity index (χ4n) is 3.78. The van der Waals surface area contributed by atoms with Crippen LogP contribution in [-0.4, -0.2) is 17.0 Å². The standard InChI is InChI=1S/C22H24F3N3O3/c23-22(24,25)14-7-10-18(27-15-8-5-13(12-26)6-9-15)19(11-14)28-20(29)16-3-1-2-4-17(16)21(30)31/h5-11,16-17,27H,1-4,12,26H2,(H,28,29)(H,30,31). The minimum Gasteiger partial charge on any atom is -0.481 e. The van der Waals surface area contributed by atoms with Crippen LogP contribution < -0.4 is 16.4 Å². The fraction of sp³-hybridized carbons (Fsp3) is 0.364. The van der Waals surface area contributed by atoms with E-state index in [4.69, 9.17) is 5.73 Å². The molecule has 2 unspecified atom stereocenters. The van der Waals surface area contributed by atoms with Crippen molar-refractivity contribution in [2.24, 2.45) is 17.6 Å². The lowest BCUT2D eigenvalue weighted by Crippen LogP contribution is -2.36. The second-order valence-corrected chi connectivity index (χ2v) is 7.61. The Morgan fingerprint density at radius 1 is 1.00 bits per heavy atom. The summed E-state index contributed by atoms with van der Waals surface area (Å²) in [7, 11) is 0. The number of carbonyl (C=O) groups excluding carboxylic acids is 1. The Kier molecular flexibility index (Phi) is 6.84. The van der Waals surface area contributed by atoms with Gasteiger partial charge < -0.3 is 21.5 Å². The van der Waals surface area contributed by atoms with E-state index in [1.165, 1.54) is 6.07 Å². The Balaban J connectivity index is 1.89. The molecule has 0 aliphatic heterocycles. The highest BCUT2D eigenvalue weighted by Gasteiger charge is 2.36. The van der Waals surface area contributed by atoms with Crippen LogP contribution in [0.4, 0.5) is 30.2 Å². The topological polar surface area (TPSA) is 104 Å². The van der Waals surface area contributed by atoms with Gasteiger partial charge in [0.05, 0.1) is 28.8 Å². The lowest BCUT2D eigenvalue weighted by Gasteiger charge is -2.28. The summed E-state index contributed by atoms with van der Waals surface area (Å²) in [6.07, 6.45) is -2.44. The number of alkyl halides is 3. The number of rotatable bonds is 6. The maximum absolute atomic E-state index is 13.2. The second kappa shape index (κ2) is 9.38. The highest BCUT2D eigenvalue weighted by atomic mass is 19.4. The highest BCUT2D eigenvalue weighted by molar-refractivity contribution is 5.98. The molecule has 3 rings (SSSR count). The van der Waals surface area contributed by atoms with Crippen molar-refractivity contribution in [3.8, 4) is 0 Å². The predicted molar refractivity (Wildman–Crippen MR) is 111 cm³/mol. The molecule has 5 N–H and O–H groups in total. The summed E-state index contributed by atoms with van der Waals surface area (Å²) in [5.74, 6) is -3.30. The van der Waals surface area contributed by atoms with E-state index in [2.05, 4.69) is 10.6 Å². The molecule has 31 heavy (non-hydrogen) atoms. The Morgan fingerprint density at radius 2 is 1.65 bits per heavy atom. The van der Waals surface area contributed by atoms with E-state index in [1.807, 2.05) is 0 Å². The molecule has 0 aromatic heterocycles. The van der Waals surface area contributed by atoms with Gasteiger partial charge in [-0.3, -0.25) is 9.59 Å². The molecule has 2 aromatic rings. The molecular formula is C22H24F3N3O3. The molecule has 2 atom stereocenters. The Hall–Kier alpha value is -3.07. The average molecular weight is 435 g/mol. The number of halogens is 3. The van der Waals surface area contributed by atoms with Gasteiger partial charge in [-0.2, -0.15) is 13.2 Å². The minimum absolute atomic E-state index is 0.0579. The number of carboxylic acid groups (broad SMARTS) is 1. The van der Waals surface area contributed by atoms with Crippen molar-refractivity contribution in [2.75, 3.05) is 10.6 Å². The van der Waals surface area contributed by atoms with Crippen LogP contribution in [0.15, 0.2) is 42.5 Å². The van der Waals surface area contributed by atoms with E-state index in [-0.39, 0.29) is 11.4 Å². The van der Waals surface area contributed by atoms with Gasteiger partial charge in [-0.05, 0) is 48.7 Å². The zero-order chi connectivity index (χ0) is 22.6. The van der Waals surface area contributed by atoms with Gasteiger partial charge in [-0.25, -0.2) is 0 Å². The SMILES string of the molecule is NCc1ccc(Nc2ccc(C(F)(F)F)cc2NC(=O)C2CCCCC2C(=O)O)cc1. The van der Waals surface area contributed by atoms with E-state index in [0.29, 0.717) is 37.9 Å². The van der Waals surface area contributed by atoms with Gasteiger partial charge in [0.15, 0.2) is 0 Å². The quantitative estimate of drug-likeness (QED) is 0.525. The number of hydrogen-bond acceptors (Lipinski definition) is 4. The Morgan fingerprint density at radius 3 is 2.23 bits per heavy atom. The van der Waals surface area contributed by atoms with E-state index >= 15 is 0 Å². The van der Waals surface area contributed by atoms with Crippen LogP contribution in [0.2, 0.25) is 0 Å². The zero-order valence-electron chi connectivity index (χ0n) is 16.7. The molecule has 0 saturated heterocycles. The molecule has 1 fully saturated rings. The molecule has 1 aliphatic carbocycles. The van der Waals surface area contributed by atoms with Crippen molar-refractivity contribution in [1.29, 1.82) is 0 Å². The zero-order valence-corrected chi connectivity index (χ0v) is 16.7. The van der Waals surface area contributed by atoms with Gasteiger partial charge >= 0.3 is 12.1 Å². The van der Waals surface area contributed by atoms with Crippen molar-refractivity contribution in [3.63, 3.8) is 0 Å². The molecule has 1 saturated carbocycles. The normalized spacial score (nSPS) is 19.0. The Labute approximate surface area is 177 Å². The van der Waals surface area contributed by atoms with Crippen molar-refractivity contribution in [2.45, 2.75) is 38.4 Å². The first kappa shape index (κ1) is 22.6. The largest absolute Gasteiger partial charge is 0.481 e. The van der Waals surface area contributed by atoms with Gasteiger partial charge in [0.25, 0.3) is 0 Å². The second-order valence-electron chi connectivity index (χ2n) is 7.61. The molecule has 0 spiro atoms. The van der Waals surface area contributed by atoms with E-state index in [0.717, 1.165) is 17.7 Å². The maximum atomic E-state index is 13.2. The number of anilines is 3. The molecule has 0 bridgehead atoms. The molecule has 1 aliphatic rings. The van der Waals surface area contributed by atoms with Gasteiger partial charge in [0.1, 0.15) is 0 Å². The molecule has 2 aromatic carbocycles. The summed E-state index contributed by atoms with van der Waals surface area (Å²) in [5.41, 5.74) is 6.37. The predicted octanol–water partition coefficient (Wildman–Crippen LogP) is 4.74.